The lowest BCUT2D eigenvalue weighted by Crippen LogP contribution is -2.41. The molecule has 1 aliphatic rings. The minimum atomic E-state index is -0.379. The number of rotatable bonds is 8. The number of aromatic nitrogens is 8. The van der Waals surface area contributed by atoms with Crippen LogP contribution < -0.4 is 5.46 Å². The molecule has 1 saturated heterocycles. The van der Waals surface area contributed by atoms with Crippen LogP contribution in [-0.2, 0) is 9.31 Å². The maximum Gasteiger partial charge on any atom is 0.494 e. The van der Waals surface area contributed by atoms with E-state index >= 15 is 0 Å². The van der Waals surface area contributed by atoms with E-state index < -0.39 is 0 Å². The molecule has 18 aromatic carbocycles. The van der Waals surface area contributed by atoms with Gasteiger partial charge in [0.1, 0.15) is 0 Å². The van der Waals surface area contributed by atoms with Gasteiger partial charge >= 0.3 is 7.12 Å². The van der Waals surface area contributed by atoms with Crippen LogP contribution in [0.15, 0.2) is 364 Å². The molecule has 118 heavy (non-hydrogen) atoms. The van der Waals surface area contributed by atoms with Gasteiger partial charge in [0.2, 0.25) is 5.28 Å². The molecule has 558 valence electrons. The molecule has 22 aromatic rings. The van der Waals surface area contributed by atoms with Crippen molar-refractivity contribution >= 4 is 154 Å². The Labute approximate surface area is 686 Å². The van der Waals surface area contributed by atoms with Crippen LogP contribution >= 0.6 is 11.6 Å². The fourth-order valence-corrected chi connectivity index (χ4v) is 17.0. The van der Waals surface area contributed by atoms with E-state index in [0.29, 0.717) is 29.1 Å². The molecule has 0 radical (unpaired) electrons. The van der Waals surface area contributed by atoms with Crippen molar-refractivity contribution in [3.05, 3.63) is 369 Å². The molecular weight excluding hydrogens is 1460 g/mol. The quantitative estimate of drug-likeness (QED) is 0.107. The van der Waals surface area contributed by atoms with E-state index in [1.54, 1.807) is 0 Å². The standard InChI is InChI=1S/C50H30N4.C33H28BNO2.C23H14ClN3/c1-3-13-35-29-37(27-21-31(35)11-1)49-52-48(53-50(54-49)38-28-22-32-12-2-4-14-36(32)30-38)34-25-23-33(24-26-34)46-44-20-10-8-18-42(44)45-41-17-7-5-15-39(41)40-16-6-9-19-43(40)47(45)51-46;1-32(2)33(3,4)37-34(36-32)22-19-17-21(18-20-22)30-28-16-10-8-14-26(28)29-25-13-7-5-11-23(25)24-12-6-9-15-27(24)31(29)35-30;24-23-26-21(19-11-9-15-5-1-3-7-17(15)13-19)25-22(27-23)20-12-10-16-6-2-4-8-18(16)14-20/h1-30H;5-20H,1-4H3;1-14H. The Morgan fingerprint density at radius 1 is 0.220 bits per heavy atom. The van der Waals surface area contributed by atoms with Crippen molar-refractivity contribution < 1.29 is 9.31 Å². The van der Waals surface area contributed by atoms with Crippen LogP contribution in [0.25, 0.3) is 209 Å². The summed E-state index contributed by atoms with van der Waals surface area (Å²) in [4.78, 5) is 39.4. The molecule has 0 aliphatic carbocycles. The van der Waals surface area contributed by atoms with E-state index in [4.69, 9.17) is 45.8 Å². The van der Waals surface area contributed by atoms with Crippen molar-refractivity contribution in [1.29, 1.82) is 0 Å². The molecule has 0 bridgehead atoms. The largest absolute Gasteiger partial charge is 0.494 e. The third-order valence-electron chi connectivity index (χ3n) is 23.6. The van der Waals surface area contributed by atoms with Crippen LogP contribution in [0.1, 0.15) is 27.7 Å². The average molecular weight is 1540 g/mol. The fourth-order valence-electron chi connectivity index (χ4n) is 16.9. The zero-order chi connectivity index (χ0) is 79.2. The zero-order valence-electron chi connectivity index (χ0n) is 65.0. The highest BCUT2D eigenvalue weighted by atomic mass is 35.5. The second-order valence-electron chi connectivity index (χ2n) is 31.2. The van der Waals surface area contributed by atoms with Gasteiger partial charge in [-0.2, -0.15) is 9.97 Å². The maximum atomic E-state index is 6.27. The monoisotopic (exact) mass is 1530 g/mol. The third kappa shape index (κ3) is 12.9. The Morgan fingerprint density at radius 2 is 0.458 bits per heavy atom. The molecule has 5 heterocycles. The van der Waals surface area contributed by atoms with Gasteiger partial charge in [0.15, 0.2) is 29.1 Å². The van der Waals surface area contributed by atoms with Crippen molar-refractivity contribution in [2.24, 2.45) is 0 Å². The maximum absolute atomic E-state index is 6.27. The Bertz CT molecular complexity index is 7600. The summed E-state index contributed by atoms with van der Waals surface area (Å²) < 4.78 is 12.5. The Morgan fingerprint density at radius 3 is 0.797 bits per heavy atom. The summed E-state index contributed by atoms with van der Waals surface area (Å²) in [6.07, 6.45) is 0. The molecule has 12 heteroatoms. The van der Waals surface area contributed by atoms with Gasteiger partial charge in [-0.05, 0) is 155 Å². The number of nitrogens with zero attached hydrogens (tertiary/aromatic N) is 8. The molecule has 0 N–H and O–H groups in total. The van der Waals surface area contributed by atoms with Crippen molar-refractivity contribution in [3.63, 3.8) is 0 Å². The van der Waals surface area contributed by atoms with Gasteiger partial charge in [-0.25, -0.2) is 29.9 Å². The molecule has 0 saturated carbocycles. The van der Waals surface area contributed by atoms with Gasteiger partial charge in [-0.3, -0.25) is 0 Å². The molecule has 10 nitrogen and oxygen atoms in total. The molecule has 1 fully saturated rings. The average Bonchev–Trinajstić information content (AvgIpc) is 0.771. The second-order valence-corrected chi connectivity index (χ2v) is 31.6. The minimum absolute atomic E-state index is 0.191. The van der Waals surface area contributed by atoms with Crippen LogP contribution in [-0.4, -0.2) is 58.2 Å². The zero-order valence-corrected chi connectivity index (χ0v) is 65.7. The molecular formula is C106H72BClN8O2. The van der Waals surface area contributed by atoms with E-state index in [9.17, 15) is 0 Å². The van der Waals surface area contributed by atoms with Gasteiger partial charge in [-0.1, -0.05) is 340 Å². The summed E-state index contributed by atoms with van der Waals surface area (Å²) in [6.45, 7) is 8.34. The first-order valence-electron chi connectivity index (χ1n) is 39.8. The Kier molecular flexibility index (Phi) is 17.7. The number of benzene rings is 18. The summed E-state index contributed by atoms with van der Waals surface area (Å²) in [5.74, 6) is 3.04. The smallest absolute Gasteiger partial charge is 0.399 e. The van der Waals surface area contributed by atoms with Crippen LogP contribution in [0.5, 0.6) is 0 Å². The minimum Gasteiger partial charge on any atom is -0.399 e. The lowest BCUT2D eigenvalue weighted by atomic mass is 9.78. The summed E-state index contributed by atoms with van der Waals surface area (Å²) in [5, 5.41) is 26.3. The number of halogens is 1. The van der Waals surface area contributed by atoms with E-state index in [-0.39, 0.29) is 23.6 Å². The van der Waals surface area contributed by atoms with Crippen LogP contribution in [0.4, 0.5) is 0 Å². The van der Waals surface area contributed by atoms with Crippen molar-refractivity contribution in [2.75, 3.05) is 0 Å². The van der Waals surface area contributed by atoms with Gasteiger partial charge in [0.25, 0.3) is 0 Å². The summed E-state index contributed by atoms with van der Waals surface area (Å²) in [7, 11) is -0.379. The van der Waals surface area contributed by atoms with E-state index in [1.807, 2.05) is 36.4 Å². The van der Waals surface area contributed by atoms with Crippen LogP contribution in [0.3, 0.4) is 0 Å². The lowest BCUT2D eigenvalue weighted by molar-refractivity contribution is 0.00578. The summed E-state index contributed by atoms with van der Waals surface area (Å²) in [5.41, 5.74) is 11.0. The Balaban J connectivity index is 0.000000117. The van der Waals surface area contributed by atoms with Crippen molar-refractivity contribution in [3.8, 4) is 79.5 Å². The number of hydrogen-bond acceptors (Lipinski definition) is 10. The second kappa shape index (κ2) is 29.2. The predicted octanol–water partition coefficient (Wildman–Crippen LogP) is 26.7. The number of hydrogen-bond donors (Lipinski definition) is 0. The highest BCUT2D eigenvalue weighted by Crippen LogP contribution is 2.45. The summed E-state index contributed by atoms with van der Waals surface area (Å²) >= 11 is 6.22. The first-order chi connectivity index (χ1) is 57.8. The molecule has 23 rings (SSSR count). The predicted molar refractivity (Wildman–Crippen MR) is 491 cm³/mol. The first kappa shape index (κ1) is 71.5. The number of fused-ring (bicyclic) bond motifs is 20. The van der Waals surface area contributed by atoms with E-state index in [2.05, 4.69) is 370 Å². The van der Waals surface area contributed by atoms with Gasteiger partial charge in [-0.15, -0.1) is 0 Å². The van der Waals surface area contributed by atoms with Crippen LogP contribution in [0, 0.1) is 0 Å². The molecule has 4 aromatic heterocycles. The van der Waals surface area contributed by atoms with Crippen molar-refractivity contribution in [1.82, 2.24) is 39.9 Å². The third-order valence-corrected chi connectivity index (χ3v) is 23.7. The van der Waals surface area contributed by atoms with Crippen LogP contribution in [0.2, 0.25) is 5.28 Å². The normalized spacial score (nSPS) is 13.2. The molecule has 1 aliphatic heterocycles. The van der Waals surface area contributed by atoms with E-state index in [1.165, 1.54) is 80.8 Å². The molecule has 0 unspecified atom stereocenters. The highest BCUT2D eigenvalue weighted by molar-refractivity contribution is 6.62. The van der Waals surface area contributed by atoms with Gasteiger partial charge < -0.3 is 9.31 Å². The fraction of sp³-hybridized carbons (Fsp3) is 0.0566. The van der Waals surface area contributed by atoms with E-state index in [0.717, 1.165) is 105 Å². The molecule has 0 spiro atoms. The Hall–Kier alpha value is -14.3. The van der Waals surface area contributed by atoms with Gasteiger partial charge in [0.05, 0.1) is 33.6 Å². The lowest BCUT2D eigenvalue weighted by Gasteiger charge is -2.32. The molecule has 0 amide bonds. The topological polar surface area (TPSA) is 122 Å². The highest BCUT2D eigenvalue weighted by Gasteiger charge is 2.51. The summed E-state index contributed by atoms with van der Waals surface area (Å²) in [6, 6.07) is 127. The first-order valence-corrected chi connectivity index (χ1v) is 40.2. The van der Waals surface area contributed by atoms with Gasteiger partial charge in [0, 0.05) is 71.3 Å². The van der Waals surface area contributed by atoms with Crippen molar-refractivity contribution in [2.45, 2.75) is 38.9 Å². The SMILES string of the molecule is CC1(C)OB(c2ccc(-c3nc4c5ccccc5c5ccccc5c4c4ccccc34)cc2)OC1(C)C.Clc1nc(-c2ccc3ccccc3c2)nc(-c2ccc3ccccc3c2)n1.c1ccc2cc(-c3nc(-c4ccc(-c5nc6c7ccccc7c7ccccc7c6c6ccccc56)cc4)nc(-c4ccc5ccccc5c4)n3)ccc2c1. The molecule has 0 atom stereocenters. The number of pyridine rings is 2.